The minimum absolute atomic E-state index is 0.0894. The van der Waals surface area contributed by atoms with E-state index in [4.69, 9.17) is 5.11 Å². The first-order chi connectivity index (χ1) is 8.19. The Morgan fingerprint density at radius 3 is 2.76 bits per heavy atom. The highest BCUT2D eigenvalue weighted by Gasteiger charge is 2.09. The van der Waals surface area contributed by atoms with Gasteiger partial charge in [-0.15, -0.1) is 0 Å². The van der Waals surface area contributed by atoms with E-state index in [1.807, 2.05) is 31.1 Å². The van der Waals surface area contributed by atoms with Crippen LogP contribution in [0.15, 0.2) is 18.3 Å². The van der Waals surface area contributed by atoms with E-state index in [2.05, 4.69) is 23.3 Å². The third-order valence-electron chi connectivity index (χ3n) is 2.85. The highest BCUT2D eigenvalue weighted by molar-refractivity contribution is 5.39. The van der Waals surface area contributed by atoms with Gasteiger partial charge in [-0.1, -0.05) is 13.0 Å². The second-order valence-corrected chi connectivity index (χ2v) is 4.34. The standard InChI is InChI=1S/C13H23N3O/c1-4-7-14-8-12-5-6-13(15-9-12)16(3)11(2)10-17/h5-6,9,11,14,17H,4,7-8,10H2,1-3H3. The Morgan fingerprint density at radius 1 is 1.47 bits per heavy atom. The van der Waals surface area contributed by atoms with E-state index in [1.54, 1.807) is 0 Å². The fourth-order valence-electron chi connectivity index (χ4n) is 1.49. The number of nitrogens with zero attached hydrogens (tertiary/aromatic N) is 2. The molecule has 1 aromatic rings. The van der Waals surface area contributed by atoms with Crippen LogP contribution < -0.4 is 10.2 Å². The predicted octanol–water partition coefficient (Wildman–Crippen LogP) is 1.40. The second kappa shape index (κ2) is 7.25. The molecular formula is C13H23N3O. The van der Waals surface area contributed by atoms with Gasteiger partial charge in [-0.2, -0.15) is 0 Å². The van der Waals surface area contributed by atoms with Crippen molar-refractivity contribution in [1.82, 2.24) is 10.3 Å². The Balaban J connectivity index is 2.55. The molecule has 4 nitrogen and oxygen atoms in total. The summed E-state index contributed by atoms with van der Waals surface area (Å²) in [5.41, 5.74) is 1.19. The highest BCUT2D eigenvalue weighted by atomic mass is 16.3. The van der Waals surface area contributed by atoms with E-state index < -0.39 is 0 Å². The van der Waals surface area contributed by atoms with E-state index in [1.165, 1.54) is 5.56 Å². The van der Waals surface area contributed by atoms with Crippen molar-refractivity contribution >= 4 is 5.82 Å². The first-order valence-corrected chi connectivity index (χ1v) is 6.18. The van der Waals surface area contributed by atoms with Crippen LogP contribution in [0.3, 0.4) is 0 Å². The molecule has 0 fully saturated rings. The van der Waals surface area contributed by atoms with Crippen LogP contribution in [-0.4, -0.2) is 36.3 Å². The molecule has 96 valence electrons. The minimum atomic E-state index is 0.0894. The molecule has 1 rings (SSSR count). The third kappa shape index (κ3) is 4.32. The van der Waals surface area contributed by atoms with E-state index in [9.17, 15) is 0 Å². The zero-order valence-corrected chi connectivity index (χ0v) is 11.0. The lowest BCUT2D eigenvalue weighted by atomic mass is 10.2. The van der Waals surface area contributed by atoms with Crippen LogP contribution >= 0.6 is 0 Å². The Hall–Kier alpha value is -1.13. The van der Waals surface area contributed by atoms with Gasteiger partial charge >= 0.3 is 0 Å². The topological polar surface area (TPSA) is 48.4 Å². The number of aromatic nitrogens is 1. The second-order valence-electron chi connectivity index (χ2n) is 4.34. The van der Waals surface area contributed by atoms with E-state index in [0.717, 1.165) is 25.3 Å². The summed E-state index contributed by atoms with van der Waals surface area (Å²) in [6, 6.07) is 4.16. The molecule has 1 unspecified atom stereocenters. The molecule has 0 spiro atoms. The number of hydrogen-bond donors (Lipinski definition) is 2. The molecule has 0 saturated carbocycles. The summed E-state index contributed by atoms with van der Waals surface area (Å²) in [5, 5.41) is 12.4. The number of nitrogens with one attached hydrogen (secondary N) is 1. The molecule has 0 aliphatic carbocycles. The Morgan fingerprint density at radius 2 is 2.24 bits per heavy atom. The van der Waals surface area contributed by atoms with Gasteiger partial charge in [-0.3, -0.25) is 0 Å². The lowest BCUT2D eigenvalue weighted by molar-refractivity contribution is 0.270. The molecule has 0 saturated heterocycles. The minimum Gasteiger partial charge on any atom is -0.394 e. The molecule has 0 aliphatic rings. The van der Waals surface area contributed by atoms with Gasteiger partial charge in [0.15, 0.2) is 0 Å². The van der Waals surface area contributed by atoms with Gasteiger partial charge in [0.2, 0.25) is 0 Å². The summed E-state index contributed by atoms with van der Waals surface area (Å²) in [6.45, 7) is 6.15. The molecule has 17 heavy (non-hydrogen) atoms. The average Bonchev–Trinajstić information content (AvgIpc) is 2.38. The Labute approximate surface area is 104 Å². The molecule has 2 N–H and O–H groups in total. The smallest absolute Gasteiger partial charge is 0.128 e. The van der Waals surface area contributed by atoms with Gasteiger partial charge in [0, 0.05) is 19.8 Å². The monoisotopic (exact) mass is 237 g/mol. The van der Waals surface area contributed by atoms with Crippen molar-refractivity contribution in [2.45, 2.75) is 32.9 Å². The van der Waals surface area contributed by atoms with Crippen LogP contribution in [0, 0.1) is 0 Å². The molecule has 4 heteroatoms. The number of hydrogen-bond acceptors (Lipinski definition) is 4. The van der Waals surface area contributed by atoms with Crippen LogP contribution in [0.25, 0.3) is 0 Å². The SMILES string of the molecule is CCCNCc1ccc(N(C)C(C)CO)nc1. The van der Waals surface area contributed by atoms with Gasteiger partial charge < -0.3 is 15.3 Å². The van der Waals surface area contributed by atoms with E-state index in [-0.39, 0.29) is 12.6 Å². The summed E-state index contributed by atoms with van der Waals surface area (Å²) in [5.74, 6) is 0.894. The molecular weight excluding hydrogens is 214 g/mol. The summed E-state index contributed by atoms with van der Waals surface area (Å²) < 4.78 is 0. The number of likely N-dealkylation sites (N-methyl/N-ethyl adjacent to an activating group) is 1. The van der Waals surface area contributed by atoms with Crippen LogP contribution in [0.1, 0.15) is 25.8 Å². The van der Waals surface area contributed by atoms with Crippen molar-refractivity contribution in [2.75, 3.05) is 25.1 Å². The Bertz CT molecular complexity index is 313. The molecule has 1 heterocycles. The molecule has 0 radical (unpaired) electrons. The number of pyridine rings is 1. The molecule has 0 aliphatic heterocycles. The van der Waals surface area contributed by atoms with Crippen LogP contribution in [0.4, 0.5) is 5.82 Å². The summed E-state index contributed by atoms with van der Waals surface area (Å²) in [7, 11) is 1.94. The van der Waals surface area contributed by atoms with Crippen molar-refractivity contribution in [3.63, 3.8) is 0 Å². The first-order valence-electron chi connectivity index (χ1n) is 6.18. The van der Waals surface area contributed by atoms with Crippen LogP contribution in [0.5, 0.6) is 0 Å². The normalized spacial score (nSPS) is 12.5. The molecule has 0 bridgehead atoms. The maximum absolute atomic E-state index is 9.08. The van der Waals surface area contributed by atoms with Crippen LogP contribution in [0.2, 0.25) is 0 Å². The first kappa shape index (κ1) is 13.9. The Kier molecular flexibility index (Phi) is 5.94. The van der Waals surface area contributed by atoms with Gasteiger partial charge in [-0.05, 0) is 31.5 Å². The fraction of sp³-hybridized carbons (Fsp3) is 0.615. The number of rotatable bonds is 7. The highest BCUT2D eigenvalue weighted by Crippen LogP contribution is 2.12. The average molecular weight is 237 g/mol. The maximum Gasteiger partial charge on any atom is 0.128 e. The fourth-order valence-corrected chi connectivity index (χ4v) is 1.49. The van der Waals surface area contributed by atoms with Crippen molar-refractivity contribution in [1.29, 1.82) is 0 Å². The van der Waals surface area contributed by atoms with E-state index in [0.29, 0.717) is 0 Å². The molecule has 0 amide bonds. The number of anilines is 1. The number of aliphatic hydroxyl groups excluding tert-OH is 1. The van der Waals surface area contributed by atoms with Crippen molar-refractivity contribution in [2.24, 2.45) is 0 Å². The van der Waals surface area contributed by atoms with Gasteiger partial charge in [0.25, 0.3) is 0 Å². The molecule has 0 aromatic carbocycles. The maximum atomic E-state index is 9.08. The van der Waals surface area contributed by atoms with Crippen molar-refractivity contribution in [3.05, 3.63) is 23.9 Å². The lowest BCUT2D eigenvalue weighted by Gasteiger charge is -2.24. The van der Waals surface area contributed by atoms with Crippen LogP contribution in [-0.2, 0) is 6.54 Å². The van der Waals surface area contributed by atoms with E-state index >= 15 is 0 Å². The van der Waals surface area contributed by atoms with Gasteiger partial charge in [0.05, 0.1) is 12.6 Å². The lowest BCUT2D eigenvalue weighted by Crippen LogP contribution is -2.32. The summed E-state index contributed by atoms with van der Waals surface area (Å²) >= 11 is 0. The summed E-state index contributed by atoms with van der Waals surface area (Å²) in [6.07, 6.45) is 3.03. The summed E-state index contributed by atoms with van der Waals surface area (Å²) in [4.78, 5) is 6.38. The van der Waals surface area contributed by atoms with Crippen molar-refractivity contribution < 1.29 is 5.11 Å². The third-order valence-corrected chi connectivity index (χ3v) is 2.85. The predicted molar refractivity (Wildman–Crippen MR) is 71.2 cm³/mol. The van der Waals surface area contributed by atoms with Gasteiger partial charge in [-0.25, -0.2) is 4.98 Å². The number of aliphatic hydroxyl groups is 1. The zero-order chi connectivity index (χ0) is 12.7. The van der Waals surface area contributed by atoms with Crippen molar-refractivity contribution in [3.8, 4) is 0 Å². The molecule has 1 atom stereocenters. The zero-order valence-electron chi connectivity index (χ0n) is 11.0. The van der Waals surface area contributed by atoms with Gasteiger partial charge in [0.1, 0.15) is 5.82 Å². The quantitative estimate of drug-likeness (QED) is 0.704. The molecule has 1 aromatic heterocycles. The largest absolute Gasteiger partial charge is 0.394 e.